The summed E-state index contributed by atoms with van der Waals surface area (Å²) in [5.74, 6) is -2.28. The first kappa shape index (κ1) is 25.5. The number of amides is 2. The number of nitrogens with zero attached hydrogens (tertiary/aromatic N) is 3. The van der Waals surface area contributed by atoms with Gasteiger partial charge in [-0.25, -0.2) is 0 Å². The van der Waals surface area contributed by atoms with E-state index in [0.717, 1.165) is 11.4 Å². The molecular weight excluding hydrogens is 428 g/mol. The van der Waals surface area contributed by atoms with Crippen LogP contribution in [-0.2, 0) is 14.4 Å². The van der Waals surface area contributed by atoms with Gasteiger partial charge in [-0.3, -0.25) is 14.4 Å². The number of benzene rings is 1. The average Bonchev–Trinajstić information content (AvgIpc) is 3.04. The summed E-state index contributed by atoms with van der Waals surface area (Å²) < 4.78 is 0. The predicted octanol–water partition coefficient (Wildman–Crippen LogP) is 3.40. The number of aliphatic carboxylic acids is 1. The number of carboxylic acids is 1. The lowest BCUT2D eigenvalue weighted by molar-refractivity contribution is -0.141. The molecule has 8 nitrogen and oxygen atoms in total. The Kier molecular flexibility index (Phi) is 8.56. The van der Waals surface area contributed by atoms with E-state index in [1.165, 1.54) is 11.8 Å². The number of anilines is 2. The molecule has 0 aromatic heterocycles. The first-order valence-corrected chi connectivity index (χ1v) is 11.6. The maximum Gasteiger partial charge on any atom is 0.321 e. The van der Waals surface area contributed by atoms with Crippen molar-refractivity contribution in [2.24, 2.45) is 11.3 Å². The third kappa shape index (κ3) is 6.16. The lowest BCUT2D eigenvalue weighted by atomic mass is 9.94. The number of hydrogen-bond acceptors (Lipinski definition) is 6. The number of carboxylic acid groups (broad SMARTS) is 1. The number of carbonyl (C=O) groups excluding carboxylic acids is 2. The molecule has 1 heterocycles. The number of hydrogen-bond donors (Lipinski definition) is 2. The van der Waals surface area contributed by atoms with Gasteiger partial charge in [-0.2, -0.15) is 5.26 Å². The number of rotatable bonds is 9. The lowest BCUT2D eigenvalue weighted by Gasteiger charge is -2.26. The molecule has 1 saturated heterocycles. The van der Waals surface area contributed by atoms with Crippen molar-refractivity contribution in [1.82, 2.24) is 4.90 Å². The Balaban J connectivity index is 1.97. The van der Waals surface area contributed by atoms with Gasteiger partial charge in [0.1, 0.15) is 5.92 Å². The van der Waals surface area contributed by atoms with Gasteiger partial charge >= 0.3 is 5.97 Å². The van der Waals surface area contributed by atoms with Crippen molar-refractivity contribution in [3.63, 3.8) is 0 Å². The highest BCUT2D eigenvalue weighted by Crippen LogP contribution is 2.37. The number of carbonyl (C=O) groups is 3. The Hall–Kier alpha value is -2.73. The van der Waals surface area contributed by atoms with Gasteiger partial charge in [-0.1, -0.05) is 26.8 Å². The number of nitrogens with one attached hydrogen (secondary N) is 1. The van der Waals surface area contributed by atoms with E-state index in [9.17, 15) is 14.4 Å². The van der Waals surface area contributed by atoms with Gasteiger partial charge in [-0.05, 0) is 31.5 Å². The molecule has 0 spiro atoms. The zero-order chi connectivity index (χ0) is 24.1. The third-order valence-electron chi connectivity index (χ3n) is 5.37. The molecule has 2 rings (SSSR count). The van der Waals surface area contributed by atoms with Crippen molar-refractivity contribution >= 4 is 40.9 Å². The SMILES string of the molecule is CCN1C(=O)C(CCNc2cccc(N(C)C(=O)C(C)(C)C)c2)SC1CC(C#N)C(=O)O. The minimum absolute atomic E-state index is 0.0179. The molecule has 3 atom stereocenters. The molecule has 1 aliphatic rings. The van der Waals surface area contributed by atoms with E-state index in [-0.39, 0.29) is 28.9 Å². The molecule has 3 unspecified atom stereocenters. The highest BCUT2D eigenvalue weighted by atomic mass is 32.2. The summed E-state index contributed by atoms with van der Waals surface area (Å²) in [4.78, 5) is 39.8. The van der Waals surface area contributed by atoms with Crippen molar-refractivity contribution in [2.75, 3.05) is 30.4 Å². The van der Waals surface area contributed by atoms with Crippen LogP contribution in [0.15, 0.2) is 24.3 Å². The molecule has 0 radical (unpaired) electrons. The van der Waals surface area contributed by atoms with E-state index in [0.29, 0.717) is 19.5 Å². The molecule has 2 N–H and O–H groups in total. The van der Waals surface area contributed by atoms with Gasteiger partial charge in [0.2, 0.25) is 11.8 Å². The molecule has 1 aromatic rings. The van der Waals surface area contributed by atoms with Crippen LogP contribution in [-0.4, -0.2) is 58.6 Å². The fraction of sp³-hybridized carbons (Fsp3) is 0.565. The summed E-state index contributed by atoms with van der Waals surface area (Å²) in [6, 6.07) is 9.38. The smallest absolute Gasteiger partial charge is 0.321 e. The highest BCUT2D eigenvalue weighted by Gasteiger charge is 2.40. The molecule has 1 fully saturated rings. The van der Waals surface area contributed by atoms with Crippen LogP contribution in [0.1, 0.15) is 40.5 Å². The standard InChI is InChI=1S/C23H32N4O4S/c1-6-27-19(12-15(14-24)21(29)30)32-18(20(27)28)10-11-25-16-8-7-9-17(13-16)26(5)22(31)23(2,3)4/h7-9,13,15,18-19,25H,6,10-12H2,1-5H3,(H,29,30). The van der Waals surface area contributed by atoms with Crippen LogP contribution in [0.5, 0.6) is 0 Å². The first-order valence-electron chi connectivity index (χ1n) is 10.7. The summed E-state index contributed by atoms with van der Waals surface area (Å²) in [7, 11) is 1.76. The zero-order valence-electron chi connectivity index (χ0n) is 19.3. The number of nitriles is 1. The van der Waals surface area contributed by atoms with Crippen molar-refractivity contribution in [3.05, 3.63) is 24.3 Å². The minimum Gasteiger partial charge on any atom is -0.480 e. The Bertz CT molecular complexity index is 893. The van der Waals surface area contributed by atoms with Crippen molar-refractivity contribution < 1.29 is 19.5 Å². The van der Waals surface area contributed by atoms with E-state index >= 15 is 0 Å². The summed E-state index contributed by atoms with van der Waals surface area (Å²) in [6.07, 6.45) is 0.692. The van der Waals surface area contributed by atoms with E-state index in [1.54, 1.807) is 16.8 Å². The maximum atomic E-state index is 12.7. The quantitative estimate of drug-likeness (QED) is 0.580. The Morgan fingerprint density at radius 2 is 2.06 bits per heavy atom. The lowest BCUT2D eigenvalue weighted by Crippen LogP contribution is -2.36. The molecule has 2 amide bonds. The second kappa shape index (κ2) is 10.7. The topological polar surface area (TPSA) is 114 Å². The normalized spacial score (nSPS) is 19.4. The van der Waals surface area contributed by atoms with Gasteiger partial charge in [0, 0.05) is 43.3 Å². The third-order valence-corrected chi connectivity index (χ3v) is 6.90. The molecule has 9 heteroatoms. The van der Waals surface area contributed by atoms with Crippen molar-refractivity contribution in [3.8, 4) is 6.07 Å². The fourth-order valence-corrected chi connectivity index (χ4v) is 5.17. The van der Waals surface area contributed by atoms with Gasteiger partial charge in [0.15, 0.2) is 0 Å². The van der Waals surface area contributed by atoms with Crippen molar-refractivity contribution in [1.29, 1.82) is 5.26 Å². The zero-order valence-corrected chi connectivity index (χ0v) is 20.1. The summed E-state index contributed by atoms with van der Waals surface area (Å²) in [6.45, 7) is 8.53. The molecule has 1 aliphatic heterocycles. The maximum absolute atomic E-state index is 12.7. The predicted molar refractivity (Wildman–Crippen MR) is 126 cm³/mol. The van der Waals surface area contributed by atoms with Gasteiger partial charge in [0.05, 0.1) is 16.7 Å². The minimum atomic E-state index is -1.16. The van der Waals surface area contributed by atoms with Gasteiger partial charge < -0.3 is 20.2 Å². The molecular formula is C23H32N4O4S. The van der Waals surface area contributed by atoms with E-state index < -0.39 is 17.3 Å². The monoisotopic (exact) mass is 460 g/mol. The van der Waals surface area contributed by atoms with E-state index in [1.807, 2.05) is 58.0 Å². The van der Waals surface area contributed by atoms with Crippen LogP contribution in [0.3, 0.4) is 0 Å². The van der Waals surface area contributed by atoms with Crippen LogP contribution < -0.4 is 10.2 Å². The molecule has 174 valence electrons. The molecule has 0 saturated carbocycles. The molecule has 32 heavy (non-hydrogen) atoms. The summed E-state index contributed by atoms with van der Waals surface area (Å²) in [5.41, 5.74) is 1.16. The van der Waals surface area contributed by atoms with Gasteiger partial charge in [-0.15, -0.1) is 11.8 Å². The Morgan fingerprint density at radius 3 is 2.62 bits per heavy atom. The fourth-order valence-electron chi connectivity index (χ4n) is 3.58. The first-order chi connectivity index (χ1) is 15.0. The molecule has 0 aliphatic carbocycles. The van der Waals surface area contributed by atoms with E-state index in [4.69, 9.17) is 10.4 Å². The summed E-state index contributed by atoms with van der Waals surface area (Å²) in [5, 5.41) is 21.0. The number of thioether (sulfide) groups is 1. The van der Waals surface area contributed by atoms with E-state index in [2.05, 4.69) is 5.32 Å². The second-order valence-corrected chi connectivity index (χ2v) is 10.2. The Morgan fingerprint density at radius 1 is 1.38 bits per heavy atom. The average molecular weight is 461 g/mol. The highest BCUT2D eigenvalue weighted by molar-refractivity contribution is 8.01. The van der Waals surface area contributed by atoms with Crippen LogP contribution in [0, 0.1) is 22.7 Å². The summed E-state index contributed by atoms with van der Waals surface area (Å²) >= 11 is 1.43. The van der Waals surface area contributed by atoms with Crippen LogP contribution in [0.4, 0.5) is 11.4 Å². The Labute approximate surface area is 193 Å². The van der Waals surface area contributed by atoms with Gasteiger partial charge in [0.25, 0.3) is 0 Å². The van der Waals surface area contributed by atoms with Crippen LogP contribution >= 0.6 is 11.8 Å². The second-order valence-electron chi connectivity index (χ2n) is 8.84. The molecule has 0 bridgehead atoms. The van der Waals surface area contributed by atoms with Crippen LogP contribution in [0.2, 0.25) is 0 Å². The van der Waals surface area contributed by atoms with Crippen LogP contribution in [0.25, 0.3) is 0 Å². The molecule has 1 aromatic carbocycles. The largest absolute Gasteiger partial charge is 0.480 e. The van der Waals surface area contributed by atoms with Crippen molar-refractivity contribution in [2.45, 2.75) is 51.2 Å².